The summed E-state index contributed by atoms with van der Waals surface area (Å²) in [5.41, 5.74) is 1.87. The molecule has 3 unspecified atom stereocenters. The van der Waals surface area contributed by atoms with Crippen molar-refractivity contribution in [3.05, 3.63) is 0 Å². The van der Waals surface area contributed by atoms with E-state index < -0.39 is 8.56 Å². The summed E-state index contributed by atoms with van der Waals surface area (Å²) in [6.45, 7) is 15.7. The Hall–Kier alpha value is 0.137. The lowest BCUT2D eigenvalue weighted by molar-refractivity contribution is 0.139. The van der Waals surface area contributed by atoms with Crippen LogP contribution in [0.1, 0.15) is 80.1 Å². The molecule has 22 heavy (non-hydrogen) atoms. The lowest BCUT2D eigenvalue weighted by atomic mass is 9.83. The van der Waals surface area contributed by atoms with Gasteiger partial charge in [0.15, 0.2) is 0 Å². The topological polar surface area (TPSA) is 18.5 Å². The number of hydrogen-bond acceptors (Lipinski definition) is 2. The fraction of sp³-hybridized carbons (Fsp3) is 1.00. The van der Waals surface area contributed by atoms with E-state index >= 15 is 0 Å². The molecule has 2 aliphatic rings. The highest BCUT2D eigenvalue weighted by molar-refractivity contribution is 6.70. The van der Waals surface area contributed by atoms with Crippen LogP contribution in [0, 0.1) is 17.3 Å². The molecule has 0 radical (unpaired) electrons. The Morgan fingerprint density at radius 2 is 1.45 bits per heavy atom. The molecule has 3 heteroatoms. The smallest absolute Gasteiger partial charge is 0.344 e. The van der Waals surface area contributed by atoms with Crippen LogP contribution in [0.4, 0.5) is 0 Å². The maximum atomic E-state index is 6.60. The van der Waals surface area contributed by atoms with Crippen LogP contribution in [0.15, 0.2) is 0 Å². The van der Waals surface area contributed by atoms with Gasteiger partial charge in [-0.15, -0.1) is 0 Å². The molecule has 2 nitrogen and oxygen atoms in total. The molecule has 0 spiro atoms. The van der Waals surface area contributed by atoms with Gasteiger partial charge in [0.1, 0.15) is 0 Å². The lowest BCUT2D eigenvalue weighted by Crippen LogP contribution is -2.52. The summed E-state index contributed by atoms with van der Waals surface area (Å²) in [6.07, 6.45) is 8.00. The number of hydrogen-bond donors (Lipinski definition) is 0. The Labute approximate surface area is 139 Å². The summed E-state index contributed by atoms with van der Waals surface area (Å²) in [5.74, 6) is 1.66. The Balaban J connectivity index is 2.27. The summed E-state index contributed by atoms with van der Waals surface area (Å²) >= 11 is 0. The molecule has 0 bridgehead atoms. The van der Waals surface area contributed by atoms with Crippen molar-refractivity contribution >= 4 is 8.56 Å². The van der Waals surface area contributed by atoms with E-state index in [1.807, 2.05) is 0 Å². The normalized spacial score (nSPS) is 35.7. The standard InChI is InChI=1S/C19H38O2Si/c1-7-20-22(21-8-2,17-9-10-19(5,6)14-17)18-12-15(3)11-16(4)13-18/h15-18H,7-14H2,1-6H3. The first-order valence-corrected chi connectivity index (χ1v) is 11.6. The van der Waals surface area contributed by atoms with Crippen LogP contribution in [0.3, 0.4) is 0 Å². The molecule has 130 valence electrons. The van der Waals surface area contributed by atoms with E-state index in [1.165, 1.54) is 38.5 Å². The molecule has 0 aromatic heterocycles. The second-order valence-corrected chi connectivity index (χ2v) is 12.5. The van der Waals surface area contributed by atoms with Crippen LogP contribution in [0.25, 0.3) is 0 Å². The van der Waals surface area contributed by atoms with Crippen molar-refractivity contribution in [1.29, 1.82) is 0 Å². The van der Waals surface area contributed by atoms with Crippen LogP contribution in [-0.4, -0.2) is 21.8 Å². The second kappa shape index (κ2) is 7.35. The zero-order valence-electron chi connectivity index (χ0n) is 15.8. The first kappa shape index (κ1) is 18.5. The second-order valence-electron chi connectivity index (χ2n) is 8.81. The predicted octanol–water partition coefficient (Wildman–Crippen LogP) is 5.91. The Bertz CT molecular complexity index is 339. The van der Waals surface area contributed by atoms with Gasteiger partial charge in [0.2, 0.25) is 0 Å². The average molecular weight is 327 g/mol. The van der Waals surface area contributed by atoms with Gasteiger partial charge in [0.05, 0.1) is 0 Å². The minimum absolute atomic E-state index is 0.475. The van der Waals surface area contributed by atoms with Crippen molar-refractivity contribution in [1.82, 2.24) is 0 Å². The van der Waals surface area contributed by atoms with Crippen molar-refractivity contribution in [2.45, 2.75) is 91.1 Å². The molecule has 0 aromatic carbocycles. The van der Waals surface area contributed by atoms with E-state index in [0.717, 1.165) is 25.0 Å². The van der Waals surface area contributed by atoms with Crippen molar-refractivity contribution in [3.8, 4) is 0 Å². The molecule has 2 rings (SSSR count). The first-order valence-electron chi connectivity index (χ1n) is 9.60. The summed E-state index contributed by atoms with van der Waals surface area (Å²) in [4.78, 5) is 0. The quantitative estimate of drug-likeness (QED) is 0.565. The van der Waals surface area contributed by atoms with Crippen LogP contribution < -0.4 is 0 Å². The van der Waals surface area contributed by atoms with E-state index in [-0.39, 0.29) is 0 Å². The molecule has 2 fully saturated rings. The van der Waals surface area contributed by atoms with Gasteiger partial charge in [-0.05, 0) is 69.6 Å². The minimum Gasteiger partial charge on any atom is -0.394 e. The molecule has 2 saturated carbocycles. The van der Waals surface area contributed by atoms with E-state index in [9.17, 15) is 0 Å². The summed E-state index contributed by atoms with van der Waals surface area (Å²) in [7, 11) is -2.13. The molecular formula is C19H38O2Si. The Morgan fingerprint density at radius 3 is 1.86 bits per heavy atom. The Morgan fingerprint density at radius 1 is 0.909 bits per heavy atom. The maximum absolute atomic E-state index is 6.60. The van der Waals surface area contributed by atoms with Crippen molar-refractivity contribution in [2.24, 2.45) is 17.3 Å². The fourth-order valence-electron chi connectivity index (χ4n) is 5.35. The zero-order valence-corrected chi connectivity index (χ0v) is 16.8. The highest BCUT2D eigenvalue weighted by atomic mass is 28.4. The lowest BCUT2D eigenvalue weighted by Gasteiger charge is -2.45. The van der Waals surface area contributed by atoms with Gasteiger partial charge in [-0.1, -0.05) is 27.7 Å². The summed E-state index contributed by atoms with van der Waals surface area (Å²) < 4.78 is 13.2. The van der Waals surface area contributed by atoms with Crippen LogP contribution in [0.2, 0.25) is 11.1 Å². The van der Waals surface area contributed by atoms with E-state index in [2.05, 4.69) is 41.5 Å². The van der Waals surface area contributed by atoms with Crippen molar-refractivity contribution in [2.75, 3.05) is 13.2 Å². The largest absolute Gasteiger partial charge is 0.394 e. The van der Waals surface area contributed by atoms with Gasteiger partial charge in [-0.2, -0.15) is 0 Å². The molecular weight excluding hydrogens is 288 g/mol. The third-order valence-electron chi connectivity index (χ3n) is 6.03. The van der Waals surface area contributed by atoms with Crippen LogP contribution >= 0.6 is 0 Å². The SMILES string of the molecule is CCO[Si](OCC)(C1CC(C)CC(C)C1)C1CCC(C)(C)C1. The summed E-state index contributed by atoms with van der Waals surface area (Å²) in [6, 6.07) is 0. The Kier molecular flexibility index (Phi) is 6.18. The number of rotatable bonds is 6. The van der Waals surface area contributed by atoms with Crippen molar-refractivity contribution < 1.29 is 8.85 Å². The minimum atomic E-state index is -2.13. The van der Waals surface area contributed by atoms with Gasteiger partial charge < -0.3 is 8.85 Å². The maximum Gasteiger partial charge on any atom is 0.344 e. The third-order valence-corrected chi connectivity index (χ3v) is 10.7. The van der Waals surface area contributed by atoms with E-state index in [1.54, 1.807) is 0 Å². The zero-order chi connectivity index (χ0) is 16.4. The molecule has 0 heterocycles. The van der Waals surface area contributed by atoms with E-state index in [0.29, 0.717) is 16.5 Å². The molecule has 0 amide bonds. The third kappa shape index (κ3) is 3.96. The van der Waals surface area contributed by atoms with Gasteiger partial charge in [-0.3, -0.25) is 0 Å². The molecule has 0 N–H and O–H groups in total. The van der Waals surface area contributed by atoms with Gasteiger partial charge in [-0.25, -0.2) is 0 Å². The highest BCUT2D eigenvalue weighted by Gasteiger charge is 2.56. The van der Waals surface area contributed by atoms with Gasteiger partial charge >= 0.3 is 8.56 Å². The molecule has 0 aromatic rings. The summed E-state index contributed by atoms with van der Waals surface area (Å²) in [5, 5.41) is 0. The fourth-order valence-corrected chi connectivity index (χ4v) is 10.8. The van der Waals surface area contributed by atoms with Crippen LogP contribution in [0.5, 0.6) is 0 Å². The average Bonchev–Trinajstić information content (AvgIpc) is 2.78. The molecule has 0 aliphatic heterocycles. The first-order chi connectivity index (χ1) is 10.3. The molecule has 2 aliphatic carbocycles. The predicted molar refractivity (Wildman–Crippen MR) is 96.3 cm³/mol. The van der Waals surface area contributed by atoms with Gasteiger partial charge in [0.25, 0.3) is 0 Å². The molecule has 3 atom stereocenters. The molecule has 0 saturated heterocycles. The van der Waals surface area contributed by atoms with Crippen LogP contribution in [-0.2, 0) is 8.85 Å². The highest BCUT2D eigenvalue weighted by Crippen LogP contribution is 2.56. The van der Waals surface area contributed by atoms with Crippen molar-refractivity contribution in [3.63, 3.8) is 0 Å². The monoisotopic (exact) mass is 326 g/mol. The van der Waals surface area contributed by atoms with Gasteiger partial charge in [0, 0.05) is 24.3 Å². The van der Waals surface area contributed by atoms with E-state index in [4.69, 9.17) is 8.85 Å².